The Labute approximate surface area is 141 Å². The monoisotopic (exact) mass is 333 g/mol. The van der Waals surface area contributed by atoms with Crippen LogP contribution in [0.25, 0.3) is 0 Å². The third-order valence-corrected chi connectivity index (χ3v) is 3.55. The number of aryl methyl sites for hydroxylation is 1. The van der Waals surface area contributed by atoms with Gasteiger partial charge in [-0.25, -0.2) is 9.38 Å². The second kappa shape index (κ2) is 7.97. The molecule has 0 aliphatic heterocycles. The van der Waals surface area contributed by atoms with Gasteiger partial charge >= 0.3 is 0 Å². The van der Waals surface area contributed by atoms with Gasteiger partial charge in [0.15, 0.2) is 5.96 Å². The quantitative estimate of drug-likeness (QED) is 0.561. The van der Waals surface area contributed by atoms with E-state index in [1.54, 1.807) is 25.1 Å². The van der Waals surface area contributed by atoms with Gasteiger partial charge in [-0.15, -0.1) is 0 Å². The fraction of sp³-hybridized carbons (Fsp3) is 0.389. The number of nitrogens with zero attached hydrogens (tertiary/aromatic N) is 1. The van der Waals surface area contributed by atoms with E-state index < -0.39 is 5.60 Å². The van der Waals surface area contributed by atoms with Crippen LogP contribution in [0.3, 0.4) is 0 Å². The van der Waals surface area contributed by atoms with E-state index in [9.17, 15) is 9.50 Å². The number of furan rings is 1. The van der Waals surface area contributed by atoms with Crippen molar-refractivity contribution in [3.05, 3.63) is 59.3 Å². The van der Waals surface area contributed by atoms with Gasteiger partial charge in [-0.1, -0.05) is 12.1 Å². The normalized spacial score (nSPS) is 14.3. The lowest BCUT2D eigenvalue weighted by Gasteiger charge is -2.22. The van der Waals surface area contributed by atoms with Crippen molar-refractivity contribution in [2.75, 3.05) is 13.1 Å². The van der Waals surface area contributed by atoms with Gasteiger partial charge in [0.05, 0.1) is 13.1 Å². The Balaban J connectivity index is 1.99. The SMILES string of the molecule is CCNC(=NCc1ccc(F)cc1)NCC(C)(O)c1ccc(C)o1. The van der Waals surface area contributed by atoms with Crippen LogP contribution in [0.15, 0.2) is 45.8 Å². The molecule has 0 saturated carbocycles. The fourth-order valence-corrected chi connectivity index (χ4v) is 2.17. The predicted octanol–water partition coefficient (Wildman–Crippen LogP) is 2.69. The molecule has 0 amide bonds. The van der Waals surface area contributed by atoms with E-state index in [1.165, 1.54) is 12.1 Å². The molecular weight excluding hydrogens is 309 g/mol. The van der Waals surface area contributed by atoms with Crippen molar-refractivity contribution < 1.29 is 13.9 Å². The molecule has 1 unspecified atom stereocenters. The van der Waals surface area contributed by atoms with Gasteiger partial charge in [-0.05, 0) is 50.6 Å². The number of halogens is 1. The first-order valence-electron chi connectivity index (χ1n) is 7.96. The molecule has 0 aliphatic carbocycles. The van der Waals surface area contributed by atoms with Gasteiger partial charge < -0.3 is 20.2 Å². The maximum Gasteiger partial charge on any atom is 0.191 e. The topological polar surface area (TPSA) is 69.8 Å². The Morgan fingerprint density at radius 2 is 1.92 bits per heavy atom. The fourth-order valence-electron chi connectivity index (χ4n) is 2.17. The minimum Gasteiger partial charge on any atom is -0.463 e. The van der Waals surface area contributed by atoms with Crippen molar-refractivity contribution in [2.24, 2.45) is 4.99 Å². The smallest absolute Gasteiger partial charge is 0.191 e. The molecule has 0 aliphatic rings. The summed E-state index contributed by atoms with van der Waals surface area (Å²) in [5, 5.41) is 16.8. The number of hydrogen-bond acceptors (Lipinski definition) is 3. The summed E-state index contributed by atoms with van der Waals surface area (Å²) < 4.78 is 18.4. The summed E-state index contributed by atoms with van der Waals surface area (Å²) >= 11 is 0. The van der Waals surface area contributed by atoms with Gasteiger partial charge in [-0.2, -0.15) is 0 Å². The molecule has 130 valence electrons. The Morgan fingerprint density at radius 1 is 1.21 bits per heavy atom. The lowest BCUT2D eigenvalue weighted by Crippen LogP contribution is -2.44. The highest BCUT2D eigenvalue weighted by molar-refractivity contribution is 5.79. The van der Waals surface area contributed by atoms with Crippen molar-refractivity contribution in [3.8, 4) is 0 Å². The molecule has 1 aromatic carbocycles. The summed E-state index contributed by atoms with van der Waals surface area (Å²) in [4.78, 5) is 4.45. The summed E-state index contributed by atoms with van der Waals surface area (Å²) in [7, 11) is 0. The predicted molar refractivity (Wildman–Crippen MR) is 92.2 cm³/mol. The second-order valence-electron chi connectivity index (χ2n) is 5.86. The Hall–Kier alpha value is -2.34. The zero-order chi connectivity index (χ0) is 17.6. The van der Waals surface area contributed by atoms with Gasteiger partial charge in [-0.3, -0.25) is 0 Å². The molecule has 5 nitrogen and oxygen atoms in total. The van der Waals surface area contributed by atoms with E-state index in [4.69, 9.17) is 4.42 Å². The largest absolute Gasteiger partial charge is 0.463 e. The first-order chi connectivity index (χ1) is 11.4. The molecule has 2 rings (SSSR count). The number of aliphatic hydroxyl groups is 1. The molecule has 0 radical (unpaired) electrons. The number of hydrogen-bond donors (Lipinski definition) is 3. The summed E-state index contributed by atoms with van der Waals surface area (Å²) in [6.45, 7) is 6.83. The van der Waals surface area contributed by atoms with Gasteiger partial charge in [0.2, 0.25) is 0 Å². The summed E-state index contributed by atoms with van der Waals surface area (Å²) in [6, 6.07) is 9.80. The number of guanidine groups is 1. The number of rotatable bonds is 6. The molecule has 1 aromatic heterocycles. The minimum absolute atomic E-state index is 0.245. The third kappa shape index (κ3) is 5.09. The molecule has 0 fully saturated rings. The standard InChI is InChI=1S/C18H24FN3O2/c1-4-20-17(21-11-14-6-8-15(19)9-7-14)22-12-18(3,23)16-10-5-13(2)24-16/h5-10,23H,4,11-12H2,1-3H3,(H2,20,21,22). The van der Waals surface area contributed by atoms with Crippen LogP contribution >= 0.6 is 0 Å². The highest BCUT2D eigenvalue weighted by Gasteiger charge is 2.27. The lowest BCUT2D eigenvalue weighted by molar-refractivity contribution is 0.0378. The number of aliphatic imine (C=N–C) groups is 1. The van der Waals surface area contributed by atoms with Crippen molar-refractivity contribution in [1.29, 1.82) is 0 Å². The summed E-state index contributed by atoms with van der Waals surface area (Å²) in [5.74, 6) is 1.56. The first kappa shape index (κ1) is 18.0. The molecule has 6 heteroatoms. The van der Waals surface area contributed by atoms with Crippen LogP contribution in [0.2, 0.25) is 0 Å². The highest BCUT2D eigenvalue weighted by Crippen LogP contribution is 2.21. The van der Waals surface area contributed by atoms with Crippen molar-refractivity contribution in [1.82, 2.24) is 10.6 Å². The van der Waals surface area contributed by atoms with Crippen LogP contribution < -0.4 is 10.6 Å². The van der Waals surface area contributed by atoms with Crippen molar-refractivity contribution >= 4 is 5.96 Å². The Bertz CT molecular complexity index is 678. The Morgan fingerprint density at radius 3 is 2.50 bits per heavy atom. The summed E-state index contributed by atoms with van der Waals surface area (Å²) in [6.07, 6.45) is 0. The molecule has 0 saturated heterocycles. The average molecular weight is 333 g/mol. The maximum absolute atomic E-state index is 12.9. The second-order valence-corrected chi connectivity index (χ2v) is 5.86. The molecule has 1 atom stereocenters. The van der Waals surface area contributed by atoms with E-state index >= 15 is 0 Å². The molecule has 3 N–H and O–H groups in total. The van der Waals surface area contributed by atoms with Crippen LogP contribution in [0.1, 0.15) is 30.9 Å². The molecule has 2 aromatic rings. The van der Waals surface area contributed by atoms with Gasteiger partial charge in [0.25, 0.3) is 0 Å². The van der Waals surface area contributed by atoms with Crippen LogP contribution in [0, 0.1) is 12.7 Å². The van der Waals surface area contributed by atoms with Gasteiger partial charge in [0.1, 0.15) is 22.9 Å². The van der Waals surface area contributed by atoms with E-state index in [0.29, 0.717) is 24.8 Å². The average Bonchev–Trinajstić information content (AvgIpc) is 2.99. The zero-order valence-electron chi connectivity index (χ0n) is 14.3. The first-order valence-corrected chi connectivity index (χ1v) is 7.96. The van der Waals surface area contributed by atoms with Crippen LogP contribution in [-0.2, 0) is 12.1 Å². The van der Waals surface area contributed by atoms with Crippen LogP contribution in [0.4, 0.5) is 4.39 Å². The third-order valence-electron chi connectivity index (χ3n) is 3.55. The van der Waals surface area contributed by atoms with E-state index in [1.807, 2.05) is 19.9 Å². The van der Waals surface area contributed by atoms with Crippen LogP contribution in [0.5, 0.6) is 0 Å². The lowest BCUT2D eigenvalue weighted by atomic mass is 10.0. The number of benzene rings is 1. The van der Waals surface area contributed by atoms with Crippen molar-refractivity contribution in [2.45, 2.75) is 32.9 Å². The Kier molecular flexibility index (Phi) is 5.98. The molecule has 0 spiro atoms. The van der Waals surface area contributed by atoms with Crippen molar-refractivity contribution in [3.63, 3.8) is 0 Å². The van der Waals surface area contributed by atoms with E-state index in [0.717, 1.165) is 11.3 Å². The maximum atomic E-state index is 12.9. The van der Waals surface area contributed by atoms with E-state index in [2.05, 4.69) is 15.6 Å². The van der Waals surface area contributed by atoms with Gasteiger partial charge in [0, 0.05) is 6.54 Å². The zero-order valence-corrected chi connectivity index (χ0v) is 14.3. The minimum atomic E-state index is -1.15. The highest BCUT2D eigenvalue weighted by atomic mass is 19.1. The molecule has 1 heterocycles. The molecule has 0 bridgehead atoms. The van der Waals surface area contributed by atoms with Crippen LogP contribution in [-0.4, -0.2) is 24.2 Å². The number of nitrogens with one attached hydrogen (secondary N) is 2. The molecular formula is C18H24FN3O2. The summed E-state index contributed by atoms with van der Waals surface area (Å²) in [5.41, 5.74) is -0.248. The van der Waals surface area contributed by atoms with E-state index in [-0.39, 0.29) is 12.4 Å². The molecule has 24 heavy (non-hydrogen) atoms.